The third-order valence-electron chi connectivity index (χ3n) is 6.10. The fraction of sp³-hybridized carbons (Fsp3) is 0.500. The van der Waals surface area contributed by atoms with E-state index in [4.69, 9.17) is 4.74 Å². The van der Waals surface area contributed by atoms with Crippen LogP contribution in [0.25, 0.3) is 11.1 Å². The molecule has 0 aromatic heterocycles. The topological polar surface area (TPSA) is 26.3 Å². The second-order valence-electron chi connectivity index (χ2n) is 8.02. The maximum absolute atomic E-state index is 14.0. The second-order valence-corrected chi connectivity index (χ2v) is 9.53. The lowest BCUT2D eigenvalue weighted by molar-refractivity contribution is -0.124. The smallest absolute Gasteiger partial charge is 0.162 e. The first-order chi connectivity index (χ1) is 14.2. The number of hydrogen-bond acceptors (Lipinski definition) is 2. The summed E-state index contributed by atoms with van der Waals surface area (Å²) in [6, 6.07) is 16.8. The molecule has 0 saturated carbocycles. The van der Waals surface area contributed by atoms with Gasteiger partial charge in [0.2, 0.25) is 0 Å². The van der Waals surface area contributed by atoms with Crippen LogP contribution in [0.15, 0.2) is 48.5 Å². The Morgan fingerprint density at radius 1 is 0.897 bits per heavy atom. The van der Waals surface area contributed by atoms with Crippen molar-refractivity contribution in [1.82, 2.24) is 0 Å². The molecule has 0 saturated heterocycles. The average Bonchev–Trinajstić information content (AvgIpc) is 3.05. The molecule has 2 nitrogen and oxygen atoms in total. The van der Waals surface area contributed by atoms with E-state index < -0.39 is 5.41 Å². The summed E-state index contributed by atoms with van der Waals surface area (Å²) in [5.74, 6) is 0.303. The summed E-state index contributed by atoms with van der Waals surface area (Å²) in [7, 11) is 0. The molecule has 1 atom stereocenters. The van der Waals surface area contributed by atoms with Gasteiger partial charge >= 0.3 is 0 Å². The first-order valence-corrected chi connectivity index (χ1v) is 12.4. The molecule has 0 heterocycles. The van der Waals surface area contributed by atoms with Crippen molar-refractivity contribution in [3.05, 3.63) is 59.7 Å². The van der Waals surface area contributed by atoms with E-state index in [2.05, 4.69) is 78.0 Å². The Hall–Kier alpha value is -1.20. The van der Waals surface area contributed by atoms with Crippen LogP contribution in [-0.4, -0.2) is 22.9 Å². The van der Waals surface area contributed by atoms with Crippen molar-refractivity contribution in [2.45, 2.75) is 68.1 Å². The van der Waals surface area contributed by atoms with Crippen LogP contribution in [0.3, 0.4) is 0 Å². The lowest BCUT2D eigenvalue weighted by Crippen LogP contribution is -2.44. The fourth-order valence-corrected chi connectivity index (χ4v) is 5.55. The molecule has 156 valence electrons. The van der Waals surface area contributed by atoms with Crippen LogP contribution >= 0.6 is 22.6 Å². The highest BCUT2D eigenvalue weighted by molar-refractivity contribution is 14.1. The Morgan fingerprint density at radius 2 is 1.45 bits per heavy atom. The van der Waals surface area contributed by atoms with Gasteiger partial charge in [0.25, 0.3) is 0 Å². The molecule has 2 aromatic carbocycles. The van der Waals surface area contributed by atoms with E-state index in [9.17, 15) is 4.79 Å². The summed E-state index contributed by atoms with van der Waals surface area (Å²) in [5, 5.41) is 0. The molecule has 29 heavy (non-hydrogen) atoms. The van der Waals surface area contributed by atoms with Crippen molar-refractivity contribution in [3.8, 4) is 11.1 Å². The third-order valence-corrected chi connectivity index (χ3v) is 7.29. The molecular formula is C26H33IO2. The van der Waals surface area contributed by atoms with Gasteiger partial charge in [-0.15, -0.1) is 0 Å². The van der Waals surface area contributed by atoms with E-state index in [-0.39, 0.29) is 3.92 Å². The number of alkyl halides is 1. The number of ether oxygens (including phenoxy) is 1. The number of hydrogen-bond donors (Lipinski definition) is 0. The number of fused-ring (bicyclic) bond motifs is 3. The molecule has 0 aliphatic heterocycles. The van der Waals surface area contributed by atoms with Crippen LogP contribution in [0.5, 0.6) is 0 Å². The lowest BCUT2D eigenvalue weighted by atomic mass is 9.73. The third kappa shape index (κ3) is 4.61. The summed E-state index contributed by atoms with van der Waals surface area (Å²) in [5.41, 5.74) is 3.91. The van der Waals surface area contributed by atoms with Gasteiger partial charge in [-0.1, -0.05) is 117 Å². The Bertz CT molecular complexity index is 768. The maximum atomic E-state index is 14.0. The van der Waals surface area contributed by atoms with Crippen molar-refractivity contribution >= 4 is 28.4 Å². The number of ketones is 1. The van der Waals surface area contributed by atoms with Crippen molar-refractivity contribution in [2.24, 2.45) is 0 Å². The SMILES string of the molecule is CCCCCCCCC(I)C(=O)C1(COCC)c2ccccc2-c2ccccc21. The standard InChI is InChI=1S/C26H33IO2/c1-3-5-6-7-8-9-18-24(27)25(28)26(19-29-4-2)22-16-12-10-14-20(22)21-15-11-13-17-23(21)26/h10-17,24H,3-9,18-19H2,1-2H3. The zero-order valence-corrected chi connectivity index (χ0v) is 19.9. The van der Waals surface area contributed by atoms with Gasteiger partial charge in [0.1, 0.15) is 5.41 Å². The lowest BCUT2D eigenvalue weighted by Gasteiger charge is -2.32. The molecule has 1 aliphatic rings. The van der Waals surface area contributed by atoms with Gasteiger partial charge in [-0.05, 0) is 35.6 Å². The average molecular weight is 504 g/mol. The quantitative estimate of drug-likeness (QED) is 0.175. The molecule has 3 rings (SSSR count). The predicted octanol–water partition coefficient (Wildman–Crippen LogP) is 7.11. The van der Waals surface area contributed by atoms with Crippen molar-refractivity contribution in [2.75, 3.05) is 13.2 Å². The fourth-order valence-electron chi connectivity index (χ4n) is 4.57. The summed E-state index contributed by atoms with van der Waals surface area (Å²) >= 11 is 2.38. The molecule has 0 amide bonds. The minimum Gasteiger partial charge on any atom is -0.380 e. The highest BCUT2D eigenvalue weighted by Gasteiger charge is 2.50. The minimum atomic E-state index is -0.683. The van der Waals surface area contributed by atoms with Gasteiger partial charge in [0.15, 0.2) is 5.78 Å². The summed E-state index contributed by atoms with van der Waals surface area (Å²) in [6.45, 7) is 5.28. The molecule has 1 unspecified atom stereocenters. The Balaban J connectivity index is 1.86. The van der Waals surface area contributed by atoms with Crippen LogP contribution in [0, 0.1) is 0 Å². The van der Waals surface area contributed by atoms with E-state index in [1.165, 1.54) is 43.2 Å². The highest BCUT2D eigenvalue weighted by Crippen LogP contribution is 2.50. The monoisotopic (exact) mass is 504 g/mol. The number of carbonyl (C=O) groups is 1. The summed E-state index contributed by atoms with van der Waals surface area (Å²) in [6.07, 6.45) is 8.47. The first kappa shape index (κ1) is 22.5. The summed E-state index contributed by atoms with van der Waals surface area (Å²) < 4.78 is 5.95. The van der Waals surface area contributed by atoms with E-state index in [0.29, 0.717) is 19.0 Å². The first-order valence-electron chi connectivity index (χ1n) is 11.1. The minimum absolute atomic E-state index is 0.00144. The van der Waals surface area contributed by atoms with Gasteiger partial charge in [-0.2, -0.15) is 0 Å². The van der Waals surface area contributed by atoms with Crippen molar-refractivity contribution in [1.29, 1.82) is 0 Å². The van der Waals surface area contributed by atoms with E-state index in [0.717, 1.165) is 24.0 Å². The summed E-state index contributed by atoms with van der Waals surface area (Å²) in [4.78, 5) is 14.0. The van der Waals surface area contributed by atoms with Gasteiger partial charge in [0.05, 0.1) is 10.5 Å². The molecule has 3 heteroatoms. The zero-order valence-electron chi connectivity index (χ0n) is 17.8. The van der Waals surface area contributed by atoms with Crippen LogP contribution in [0.1, 0.15) is 69.9 Å². The van der Waals surface area contributed by atoms with Gasteiger partial charge in [0, 0.05) is 6.61 Å². The normalized spacial score (nSPS) is 15.0. The molecule has 0 radical (unpaired) electrons. The number of carbonyl (C=O) groups excluding carboxylic acids is 1. The van der Waals surface area contributed by atoms with Gasteiger partial charge < -0.3 is 4.74 Å². The highest BCUT2D eigenvalue weighted by atomic mass is 127. The van der Waals surface area contributed by atoms with Gasteiger partial charge in [-0.25, -0.2) is 0 Å². The van der Waals surface area contributed by atoms with Crippen molar-refractivity contribution in [3.63, 3.8) is 0 Å². The molecule has 0 bridgehead atoms. The zero-order chi connectivity index (χ0) is 20.7. The van der Waals surface area contributed by atoms with Crippen LogP contribution in [0.4, 0.5) is 0 Å². The number of halogens is 1. The molecule has 0 spiro atoms. The molecule has 0 N–H and O–H groups in total. The number of benzene rings is 2. The number of rotatable bonds is 12. The predicted molar refractivity (Wildman–Crippen MR) is 130 cm³/mol. The maximum Gasteiger partial charge on any atom is 0.162 e. The number of unbranched alkanes of at least 4 members (excludes halogenated alkanes) is 5. The van der Waals surface area contributed by atoms with Gasteiger partial charge in [-0.3, -0.25) is 4.79 Å². The Labute approximate surface area is 189 Å². The molecular weight excluding hydrogens is 471 g/mol. The van der Waals surface area contributed by atoms with Crippen molar-refractivity contribution < 1.29 is 9.53 Å². The Kier molecular flexibility index (Phi) is 8.31. The molecule has 0 fully saturated rings. The molecule has 2 aromatic rings. The van der Waals surface area contributed by atoms with Crippen LogP contribution in [0.2, 0.25) is 0 Å². The number of Topliss-reactive ketones (excluding diaryl/α,β-unsaturated/α-hetero) is 1. The van der Waals surface area contributed by atoms with Crippen LogP contribution < -0.4 is 0 Å². The largest absolute Gasteiger partial charge is 0.380 e. The van der Waals surface area contributed by atoms with Crippen LogP contribution in [-0.2, 0) is 14.9 Å². The second kappa shape index (κ2) is 10.7. The Morgan fingerprint density at radius 3 is 2.03 bits per heavy atom. The van der Waals surface area contributed by atoms with E-state index in [1.807, 2.05) is 6.92 Å². The molecule has 1 aliphatic carbocycles. The van der Waals surface area contributed by atoms with E-state index in [1.54, 1.807) is 0 Å². The van der Waals surface area contributed by atoms with E-state index >= 15 is 0 Å².